The molecule has 1 atom stereocenters. The summed E-state index contributed by atoms with van der Waals surface area (Å²) in [5, 5.41) is 8.32. The first-order valence-corrected chi connectivity index (χ1v) is 2.93. The van der Waals surface area contributed by atoms with Crippen LogP contribution in [0, 0.1) is 0 Å². The lowest BCUT2D eigenvalue weighted by Crippen LogP contribution is -2.33. The molecule has 0 aliphatic rings. The van der Waals surface area contributed by atoms with E-state index in [4.69, 9.17) is 5.11 Å². The second kappa shape index (κ2) is 2.87. The van der Waals surface area contributed by atoms with Gasteiger partial charge in [0.05, 0.1) is 0 Å². The molecule has 1 N–H and O–H groups in total. The van der Waals surface area contributed by atoms with E-state index in [1.54, 1.807) is 6.92 Å². The van der Waals surface area contributed by atoms with E-state index >= 15 is 0 Å². The number of carbonyl (C=O) groups is 2. The highest BCUT2D eigenvalue weighted by Crippen LogP contribution is 2.15. The largest absolute Gasteiger partial charge is 0.480 e. The molecule has 3 nitrogen and oxygen atoms in total. The Labute approximate surface area is 58.5 Å². The van der Waals surface area contributed by atoms with Gasteiger partial charge in [-0.25, -0.2) is 0 Å². The Balaban J connectivity index is 4.27. The van der Waals surface area contributed by atoms with E-state index < -0.39 is 10.7 Å². The van der Waals surface area contributed by atoms with E-state index in [0.717, 1.165) is 0 Å². The lowest BCUT2D eigenvalue weighted by molar-refractivity contribution is -0.141. The second-order valence-corrected chi connectivity index (χ2v) is 2.50. The highest BCUT2D eigenvalue weighted by Gasteiger charge is 2.31. The van der Waals surface area contributed by atoms with Gasteiger partial charge in [0.1, 0.15) is 6.29 Å². The topological polar surface area (TPSA) is 54.4 Å². The Hall–Kier alpha value is -0.510. The quantitative estimate of drug-likeness (QED) is 0.345. The summed E-state index contributed by atoms with van der Waals surface area (Å²) in [5.74, 6) is -1.19. The molecule has 0 amide bonds. The first-order valence-electron chi connectivity index (χ1n) is 2.49. The number of rotatable bonds is 3. The Morgan fingerprint density at radius 1 is 1.89 bits per heavy atom. The first-order chi connectivity index (χ1) is 4.06. The molecule has 0 aromatic rings. The molecule has 0 fully saturated rings. The van der Waals surface area contributed by atoms with Gasteiger partial charge >= 0.3 is 5.97 Å². The van der Waals surface area contributed by atoms with Crippen LogP contribution in [0.2, 0.25) is 0 Å². The second-order valence-electron chi connectivity index (χ2n) is 1.70. The van der Waals surface area contributed by atoms with Crippen LogP contribution in [-0.4, -0.2) is 22.1 Å². The highest BCUT2D eigenvalue weighted by atomic mass is 32.1. The van der Waals surface area contributed by atoms with Crippen LogP contribution in [0.3, 0.4) is 0 Å². The molecule has 0 spiro atoms. The fraction of sp³-hybridized carbons (Fsp3) is 0.600. The van der Waals surface area contributed by atoms with E-state index in [0.29, 0.717) is 6.29 Å². The van der Waals surface area contributed by atoms with E-state index in [-0.39, 0.29) is 6.42 Å². The maximum Gasteiger partial charge on any atom is 0.326 e. The van der Waals surface area contributed by atoms with Crippen molar-refractivity contribution in [1.82, 2.24) is 0 Å². The molecule has 0 aliphatic carbocycles. The molecule has 0 bridgehead atoms. The van der Waals surface area contributed by atoms with Crippen molar-refractivity contribution in [3.63, 3.8) is 0 Å². The fourth-order valence-electron chi connectivity index (χ4n) is 0.285. The molecule has 0 saturated carbocycles. The average Bonchev–Trinajstić information content (AvgIpc) is 1.86. The van der Waals surface area contributed by atoms with Gasteiger partial charge in [-0.2, -0.15) is 12.6 Å². The van der Waals surface area contributed by atoms with Crippen molar-refractivity contribution >= 4 is 24.9 Å². The number of carboxylic acid groups (broad SMARTS) is 1. The summed E-state index contributed by atoms with van der Waals surface area (Å²) in [6, 6.07) is 0. The van der Waals surface area contributed by atoms with Gasteiger partial charge < -0.3 is 9.90 Å². The van der Waals surface area contributed by atoms with Crippen molar-refractivity contribution < 1.29 is 14.7 Å². The SMILES string of the molecule is CCC(S)(C=O)C(=O)O. The van der Waals surface area contributed by atoms with Crippen molar-refractivity contribution in [2.45, 2.75) is 18.1 Å². The third-order valence-electron chi connectivity index (χ3n) is 1.10. The summed E-state index contributed by atoms with van der Waals surface area (Å²) >= 11 is 3.65. The van der Waals surface area contributed by atoms with Gasteiger partial charge in [-0.1, -0.05) is 6.92 Å². The molecule has 0 aromatic carbocycles. The summed E-state index contributed by atoms with van der Waals surface area (Å²) in [7, 11) is 0. The van der Waals surface area contributed by atoms with Crippen molar-refractivity contribution in [1.29, 1.82) is 0 Å². The van der Waals surface area contributed by atoms with Crippen molar-refractivity contribution in [3.05, 3.63) is 0 Å². The minimum atomic E-state index is -1.49. The zero-order chi connectivity index (χ0) is 7.49. The third kappa shape index (κ3) is 1.71. The van der Waals surface area contributed by atoms with Gasteiger partial charge in [0.25, 0.3) is 0 Å². The van der Waals surface area contributed by atoms with Crippen molar-refractivity contribution in [3.8, 4) is 0 Å². The molecule has 0 aromatic heterocycles. The van der Waals surface area contributed by atoms with Crippen LogP contribution >= 0.6 is 12.6 Å². The van der Waals surface area contributed by atoms with Crippen LogP contribution in [0.4, 0.5) is 0 Å². The molecule has 4 heteroatoms. The van der Waals surface area contributed by atoms with E-state index in [1.807, 2.05) is 0 Å². The van der Waals surface area contributed by atoms with Crippen molar-refractivity contribution in [2.24, 2.45) is 0 Å². The first kappa shape index (κ1) is 8.49. The van der Waals surface area contributed by atoms with Gasteiger partial charge in [0.2, 0.25) is 0 Å². The summed E-state index contributed by atoms with van der Waals surface area (Å²) in [6.45, 7) is 1.59. The summed E-state index contributed by atoms with van der Waals surface area (Å²) < 4.78 is -1.49. The van der Waals surface area contributed by atoms with Gasteiger partial charge in [-0.15, -0.1) is 0 Å². The van der Waals surface area contributed by atoms with Gasteiger partial charge in [-0.05, 0) is 6.42 Å². The predicted octanol–water partition coefficient (Wildman–Crippen LogP) is 0.349. The standard InChI is InChI=1S/C5H8O3S/c1-2-5(9,3-6)4(7)8/h3,9H,2H2,1H3,(H,7,8). The molecule has 52 valence electrons. The van der Waals surface area contributed by atoms with Crippen LogP contribution in [0.1, 0.15) is 13.3 Å². The average molecular weight is 148 g/mol. The number of aliphatic carboxylic acids is 1. The Morgan fingerprint density at radius 3 is 2.33 bits per heavy atom. The number of carboxylic acids is 1. The van der Waals surface area contributed by atoms with Gasteiger partial charge in [-0.3, -0.25) is 4.79 Å². The molecule has 9 heavy (non-hydrogen) atoms. The minimum absolute atomic E-state index is 0.203. The molecule has 0 rings (SSSR count). The molecular formula is C5H8O3S. The van der Waals surface area contributed by atoms with Crippen molar-refractivity contribution in [2.75, 3.05) is 0 Å². The van der Waals surface area contributed by atoms with E-state index in [1.165, 1.54) is 0 Å². The van der Waals surface area contributed by atoms with E-state index in [9.17, 15) is 9.59 Å². The Bertz CT molecular complexity index is 134. The molecule has 0 aliphatic heterocycles. The smallest absolute Gasteiger partial charge is 0.326 e. The third-order valence-corrected chi connectivity index (χ3v) is 1.72. The maximum absolute atomic E-state index is 10.2. The van der Waals surface area contributed by atoms with Gasteiger partial charge in [0, 0.05) is 0 Å². The van der Waals surface area contributed by atoms with Crippen LogP contribution in [0.25, 0.3) is 0 Å². The number of thiol groups is 1. The maximum atomic E-state index is 10.2. The number of hydrogen-bond donors (Lipinski definition) is 2. The molecular weight excluding hydrogens is 140 g/mol. The van der Waals surface area contributed by atoms with Crippen LogP contribution in [-0.2, 0) is 9.59 Å². The fourth-order valence-corrected chi connectivity index (χ4v) is 0.285. The lowest BCUT2D eigenvalue weighted by atomic mass is 10.1. The Kier molecular flexibility index (Phi) is 2.70. The number of hydrogen-bond acceptors (Lipinski definition) is 3. The predicted molar refractivity (Wildman–Crippen MR) is 35.7 cm³/mol. The van der Waals surface area contributed by atoms with Crippen LogP contribution in [0.5, 0.6) is 0 Å². The number of aldehydes is 1. The number of carbonyl (C=O) groups excluding carboxylic acids is 1. The highest BCUT2D eigenvalue weighted by molar-refractivity contribution is 7.83. The minimum Gasteiger partial charge on any atom is -0.480 e. The van der Waals surface area contributed by atoms with Crippen LogP contribution in [0.15, 0.2) is 0 Å². The summed E-state index contributed by atoms with van der Waals surface area (Å²) in [5.41, 5.74) is 0. The van der Waals surface area contributed by atoms with Crippen LogP contribution < -0.4 is 0 Å². The van der Waals surface area contributed by atoms with E-state index in [2.05, 4.69) is 12.6 Å². The normalized spacial score (nSPS) is 16.2. The molecule has 0 heterocycles. The lowest BCUT2D eigenvalue weighted by Gasteiger charge is -2.11. The van der Waals surface area contributed by atoms with Gasteiger partial charge in [0.15, 0.2) is 4.75 Å². The molecule has 0 saturated heterocycles. The monoisotopic (exact) mass is 148 g/mol. The molecule has 1 unspecified atom stereocenters. The summed E-state index contributed by atoms with van der Waals surface area (Å²) in [4.78, 5) is 20.2. The zero-order valence-electron chi connectivity index (χ0n) is 5.00. The summed E-state index contributed by atoms with van der Waals surface area (Å²) in [6.07, 6.45) is 0.535. The Morgan fingerprint density at radius 2 is 2.33 bits per heavy atom. The zero-order valence-corrected chi connectivity index (χ0v) is 5.89. The molecule has 0 radical (unpaired) electrons.